The van der Waals surface area contributed by atoms with Crippen molar-refractivity contribution in [2.24, 2.45) is 0 Å². The van der Waals surface area contributed by atoms with E-state index < -0.39 is 0 Å². The molecule has 0 fully saturated rings. The topological polar surface area (TPSA) is 17.1 Å². The number of ketones is 1. The normalized spacial score (nSPS) is 11.4. The van der Waals surface area contributed by atoms with Crippen molar-refractivity contribution >= 4 is 16.7 Å². The summed E-state index contributed by atoms with van der Waals surface area (Å²) in [7, 11) is -0.274. The molecule has 2 heteroatoms. The Labute approximate surface area is 172 Å². The molecule has 3 aromatic rings. The number of Topliss-reactive ketones (excluding diaryl/α,β-unsaturated/α-hetero) is 1. The molecule has 3 rings (SSSR count). The summed E-state index contributed by atoms with van der Waals surface area (Å²) in [5.74, 6) is 1.72. The molecule has 0 heterocycles. The van der Waals surface area contributed by atoms with Gasteiger partial charge in [0, 0.05) is 5.56 Å². The zero-order valence-corrected chi connectivity index (χ0v) is 18.0. The van der Waals surface area contributed by atoms with Crippen LogP contribution in [0.1, 0.15) is 61.0 Å². The van der Waals surface area contributed by atoms with Crippen molar-refractivity contribution in [1.82, 2.24) is 0 Å². The van der Waals surface area contributed by atoms with Gasteiger partial charge in [0.1, 0.15) is 0 Å². The number of hydrogen-bond acceptors (Lipinski definition) is 1. The molecule has 0 amide bonds. The van der Waals surface area contributed by atoms with Gasteiger partial charge in [-0.05, 0) is 47.2 Å². The van der Waals surface area contributed by atoms with E-state index in [-0.39, 0.29) is 16.7 Å². The Morgan fingerprint density at radius 3 is 1.50 bits per heavy atom. The summed E-state index contributed by atoms with van der Waals surface area (Å²) in [5.41, 5.74) is 3.45. The first-order valence-electron chi connectivity index (χ1n) is 9.94. The Bertz CT molecular complexity index is 842. The largest absolute Gasteiger partial charge is 0.289 e. The van der Waals surface area contributed by atoms with Crippen molar-refractivity contribution in [2.45, 2.75) is 49.3 Å². The molecule has 0 saturated heterocycles. The van der Waals surface area contributed by atoms with Gasteiger partial charge in [-0.2, -0.15) is 0 Å². The van der Waals surface area contributed by atoms with Crippen LogP contribution in [0.25, 0.3) is 0 Å². The van der Waals surface area contributed by atoms with Gasteiger partial charge in [0.25, 0.3) is 0 Å². The highest BCUT2D eigenvalue weighted by Gasteiger charge is 2.29. The summed E-state index contributed by atoms with van der Waals surface area (Å²) < 4.78 is 0. The van der Waals surface area contributed by atoms with E-state index in [0.717, 1.165) is 5.56 Å². The van der Waals surface area contributed by atoms with E-state index >= 15 is 0 Å². The van der Waals surface area contributed by atoms with Crippen molar-refractivity contribution in [3.05, 3.63) is 95.6 Å². The Morgan fingerprint density at radius 2 is 1.11 bits per heavy atom. The molecule has 28 heavy (non-hydrogen) atoms. The molecule has 0 saturated carbocycles. The standard InChI is InChI=1S/C26H29OS/c1-19(2)21-10-14-24(15-11-21)28(18-26(27)23-8-6-5-7-9-23)25-16-12-22(13-17-25)20(3)4/h5-17,19-20H,18H2,1-4H3/q+1. The summed E-state index contributed by atoms with van der Waals surface area (Å²) in [6.07, 6.45) is 0. The quantitative estimate of drug-likeness (QED) is 0.319. The maximum atomic E-state index is 13.0. The van der Waals surface area contributed by atoms with Gasteiger partial charge in [-0.15, -0.1) is 0 Å². The van der Waals surface area contributed by atoms with E-state index in [2.05, 4.69) is 76.2 Å². The Balaban J connectivity index is 1.94. The molecular weight excluding hydrogens is 360 g/mol. The smallest absolute Gasteiger partial charge is 0.212 e. The highest BCUT2D eigenvalue weighted by atomic mass is 32.2. The third kappa shape index (κ3) is 4.94. The van der Waals surface area contributed by atoms with Crippen molar-refractivity contribution in [3.63, 3.8) is 0 Å². The van der Waals surface area contributed by atoms with Crippen molar-refractivity contribution in [1.29, 1.82) is 0 Å². The molecule has 0 aliphatic carbocycles. The second-order valence-corrected chi connectivity index (χ2v) is 9.78. The van der Waals surface area contributed by atoms with E-state index in [1.54, 1.807) is 0 Å². The van der Waals surface area contributed by atoms with Crippen LogP contribution < -0.4 is 0 Å². The lowest BCUT2D eigenvalue weighted by molar-refractivity contribution is 0.102. The molecule has 0 N–H and O–H groups in total. The third-order valence-electron chi connectivity index (χ3n) is 5.03. The summed E-state index contributed by atoms with van der Waals surface area (Å²) in [5, 5.41) is 0. The van der Waals surface area contributed by atoms with Gasteiger partial charge in [-0.3, -0.25) is 4.79 Å². The number of carbonyl (C=O) groups is 1. The fourth-order valence-electron chi connectivity index (χ4n) is 3.18. The number of benzene rings is 3. The lowest BCUT2D eigenvalue weighted by Crippen LogP contribution is -2.17. The van der Waals surface area contributed by atoms with Crippen LogP contribution in [0.2, 0.25) is 0 Å². The molecule has 0 bridgehead atoms. The minimum absolute atomic E-state index is 0.199. The van der Waals surface area contributed by atoms with Crippen LogP contribution in [0, 0.1) is 0 Å². The first kappa shape index (κ1) is 20.4. The molecule has 0 aliphatic heterocycles. The fraction of sp³-hybridized carbons (Fsp3) is 0.269. The zero-order chi connectivity index (χ0) is 20.1. The SMILES string of the molecule is CC(C)c1ccc([S+](CC(=O)c2ccccc2)c2ccc(C(C)C)cc2)cc1. The van der Waals surface area contributed by atoms with E-state index in [4.69, 9.17) is 0 Å². The van der Waals surface area contributed by atoms with Crippen LogP contribution in [0.3, 0.4) is 0 Å². The first-order chi connectivity index (χ1) is 13.5. The molecule has 0 spiro atoms. The zero-order valence-electron chi connectivity index (χ0n) is 17.2. The second-order valence-electron chi connectivity index (χ2n) is 7.77. The van der Waals surface area contributed by atoms with E-state index in [0.29, 0.717) is 17.6 Å². The van der Waals surface area contributed by atoms with Crippen LogP contribution in [0.4, 0.5) is 0 Å². The first-order valence-corrected chi connectivity index (χ1v) is 11.3. The third-order valence-corrected chi connectivity index (χ3v) is 7.27. The molecule has 0 aliphatic rings. The van der Waals surface area contributed by atoms with Gasteiger partial charge in [0.05, 0.1) is 10.9 Å². The van der Waals surface area contributed by atoms with Crippen LogP contribution >= 0.6 is 0 Å². The predicted octanol–water partition coefficient (Wildman–Crippen LogP) is 6.85. The van der Waals surface area contributed by atoms with Gasteiger partial charge in [-0.1, -0.05) is 82.3 Å². The average molecular weight is 390 g/mol. The second kappa shape index (κ2) is 9.25. The number of carbonyl (C=O) groups excluding carboxylic acids is 1. The molecule has 1 nitrogen and oxygen atoms in total. The lowest BCUT2D eigenvalue weighted by Gasteiger charge is -2.11. The molecule has 0 unspecified atom stereocenters. The fourth-order valence-corrected chi connectivity index (χ4v) is 5.14. The summed E-state index contributed by atoms with van der Waals surface area (Å²) in [6, 6.07) is 27.3. The monoisotopic (exact) mass is 389 g/mol. The van der Waals surface area contributed by atoms with E-state index in [1.165, 1.54) is 20.9 Å². The van der Waals surface area contributed by atoms with Crippen LogP contribution in [0.5, 0.6) is 0 Å². The van der Waals surface area contributed by atoms with Gasteiger partial charge >= 0.3 is 0 Å². The number of rotatable bonds is 7. The summed E-state index contributed by atoms with van der Waals surface area (Å²) in [4.78, 5) is 15.4. The molecule has 3 aromatic carbocycles. The molecular formula is C26H29OS+. The number of hydrogen-bond donors (Lipinski definition) is 0. The van der Waals surface area contributed by atoms with Gasteiger partial charge in [0.15, 0.2) is 15.5 Å². The van der Waals surface area contributed by atoms with Gasteiger partial charge in [0.2, 0.25) is 5.78 Å². The minimum atomic E-state index is -0.274. The van der Waals surface area contributed by atoms with Crippen molar-refractivity contribution < 1.29 is 4.79 Å². The van der Waals surface area contributed by atoms with Crippen molar-refractivity contribution in [2.75, 3.05) is 5.75 Å². The molecule has 0 aromatic heterocycles. The summed E-state index contributed by atoms with van der Waals surface area (Å²) in [6.45, 7) is 8.83. The molecule has 0 atom stereocenters. The predicted molar refractivity (Wildman–Crippen MR) is 121 cm³/mol. The van der Waals surface area contributed by atoms with Gasteiger partial charge < -0.3 is 0 Å². The minimum Gasteiger partial charge on any atom is -0.289 e. The van der Waals surface area contributed by atoms with Crippen LogP contribution in [-0.4, -0.2) is 11.5 Å². The Morgan fingerprint density at radius 1 is 0.679 bits per heavy atom. The highest BCUT2D eigenvalue weighted by molar-refractivity contribution is 7.97. The maximum Gasteiger partial charge on any atom is 0.212 e. The lowest BCUT2D eigenvalue weighted by atomic mass is 10.0. The van der Waals surface area contributed by atoms with Crippen molar-refractivity contribution in [3.8, 4) is 0 Å². The van der Waals surface area contributed by atoms with E-state index in [1.807, 2.05) is 30.3 Å². The van der Waals surface area contributed by atoms with Crippen LogP contribution in [0.15, 0.2) is 88.7 Å². The summed E-state index contributed by atoms with van der Waals surface area (Å²) >= 11 is 0. The Kier molecular flexibility index (Phi) is 6.74. The maximum absolute atomic E-state index is 13.0. The van der Waals surface area contributed by atoms with Crippen LogP contribution in [-0.2, 0) is 10.9 Å². The highest BCUT2D eigenvalue weighted by Crippen LogP contribution is 2.28. The molecule has 144 valence electrons. The van der Waals surface area contributed by atoms with E-state index in [9.17, 15) is 4.79 Å². The average Bonchev–Trinajstić information content (AvgIpc) is 2.72. The molecule has 0 radical (unpaired) electrons. The Hall–Kier alpha value is -2.32. The van der Waals surface area contributed by atoms with Gasteiger partial charge in [-0.25, -0.2) is 0 Å².